The molecule has 0 aliphatic heterocycles. The molecule has 0 radical (unpaired) electrons. The monoisotopic (exact) mass is 366 g/mol. The van der Waals surface area contributed by atoms with Gasteiger partial charge < -0.3 is 0 Å². The standard InChI is InChI=1S/C14H8Cl3F3N2/c15-10-3-1-8(12(17)6-10)7-21-22-13-5-9(14(18,19)20)2-4-11(13)16/h1-7,22H/b21-7+. The van der Waals surface area contributed by atoms with Crippen LogP contribution in [0.5, 0.6) is 0 Å². The molecule has 2 aromatic carbocycles. The van der Waals surface area contributed by atoms with Gasteiger partial charge in [0.15, 0.2) is 0 Å². The SMILES string of the molecule is FC(F)(F)c1ccc(Cl)c(N/N=C/c2ccc(Cl)cc2Cl)c1. The maximum atomic E-state index is 12.6. The number of anilines is 1. The highest BCUT2D eigenvalue weighted by atomic mass is 35.5. The van der Waals surface area contributed by atoms with Crippen molar-refractivity contribution in [3.8, 4) is 0 Å². The molecule has 0 aliphatic rings. The van der Waals surface area contributed by atoms with Gasteiger partial charge in [0, 0.05) is 10.6 Å². The molecule has 0 unspecified atom stereocenters. The van der Waals surface area contributed by atoms with Gasteiger partial charge in [-0.15, -0.1) is 0 Å². The van der Waals surface area contributed by atoms with E-state index in [4.69, 9.17) is 34.8 Å². The van der Waals surface area contributed by atoms with Crippen molar-refractivity contribution in [1.29, 1.82) is 0 Å². The van der Waals surface area contributed by atoms with Gasteiger partial charge in [0.05, 0.1) is 27.5 Å². The lowest BCUT2D eigenvalue weighted by Gasteiger charge is -2.09. The van der Waals surface area contributed by atoms with Gasteiger partial charge in [-0.3, -0.25) is 5.43 Å². The minimum absolute atomic E-state index is 0.0397. The zero-order valence-corrected chi connectivity index (χ0v) is 13.0. The van der Waals surface area contributed by atoms with Crippen LogP contribution in [0.4, 0.5) is 18.9 Å². The molecule has 8 heteroatoms. The van der Waals surface area contributed by atoms with E-state index in [1.165, 1.54) is 12.3 Å². The highest BCUT2D eigenvalue weighted by Crippen LogP contribution is 2.33. The fourth-order valence-corrected chi connectivity index (χ4v) is 2.18. The summed E-state index contributed by atoms with van der Waals surface area (Å²) in [4.78, 5) is 0. The second kappa shape index (κ2) is 6.77. The predicted molar refractivity (Wildman–Crippen MR) is 84.1 cm³/mol. The third kappa shape index (κ3) is 4.29. The Morgan fingerprint density at radius 2 is 1.68 bits per heavy atom. The molecule has 2 rings (SSSR count). The lowest BCUT2D eigenvalue weighted by Crippen LogP contribution is -2.05. The van der Waals surface area contributed by atoms with Gasteiger partial charge in [-0.2, -0.15) is 18.3 Å². The van der Waals surface area contributed by atoms with Gasteiger partial charge in [-0.25, -0.2) is 0 Å². The number of nitrogens with one attached hydrogen (secondary N) is 1. The number of hydrogen-bond acceptors (Lipinski definition) is 2. The Balaban J connectivity index is 2.19. The van der Waals surface area contributed by atoms with Crippen molar-refractivity contribution in [2.24, 2.45) is 5.10 Å². The van der Waals surface area contributed by atoms with E-state index in [1.807, 2.05) is 0 Å². The number of rotatable bonds is 3. The highest BCUT2D eigenvalue weighted by molar-refractivity contribution is 6.36. The van der Waals surface area contributed by atoms with E-state index in [0.29, 0.717) is 15.6 Å². The van der Waals surface area contributed by atoms with E-state index < -0.39 is 11.7 Å². The Bertz CT molecular complexity index is 715. The molecule has 0 aliphatic carbocycles. The summed E-state index contributed by atoms with van der Waals surface area (Å²) in [5, 5.41) is 4.79. The van der Waals surface area contributed by atoms with E-state index in [-0.39, 0.29) is 10.7 Å². The van der Waals surface area contributed by atoms with Crippen LogP contribution >= 0.6 is 34.8 Å². The van der Waals surface area contributed by atoms with Crippen LogP contribution in [-0.2, 0) is 6.18 Å². The van der Waals surface area contributed by atoms with Crippen LogP contribution < -0.4 is 5.43 Å². The van der Waals surface area contributed by atoms with Crippen molar-refractivity contribution in [3.63, 3.8) is 0 Å². The molecule has 0 spiro atoms. The first-order valence-electron chi connectivity index (χ1n) is 5.88. The Morgan fingerprint density at radius 3 is 2.32 bits per heavy atom. The average Bonchev–Trinajstić information content (AvgIpc) is 2.42. The second-order valence-corrected chi connectivity index (χ2v) is 5.48. The molecule has 0 saturated heterocycles. The van der Waals surface area contributed by atoms with E-state index in [1.54, 1.807) is 12.1 Å². The van der Waals surface area contributed by atoms with E-state index in [2.05, 4.69) is 10.5 Å². The first-order valence-corrected chi connectivity index (χ1v) is 7.01. The molecular formula is C14H8Cl3F3N2. The Kier molecular flexibility index (Phi) is 5.21. The normalized spacial score (nSPS) is 11.9. The van der Waals surface area contributed by atoms with Crippen molar-refractivity contribution in [3.05, 3.63) is 62.6 Å². The number of hydrogen-bond donors (Lipinski definition) is 1. The Morgan fingerprint density at radius 1 is 0.955 bits per heavy atom. The molecule has 0 bridgehead atoms. The summed E-state index contributed by atoms with van der Waals surface area (Å²) in [5.41, 5.74) is 2.24. The Hall–Kier alpha value is -1.43. The summed E-state index contributed by atoms with van der Waals surface area (Å²) in [6, 6.07) is 7.70. The fraction of sp³-hybridized carbons (Fsp3) is 0.0714. The molecule has 2 aromatic rings. The van der Waals surface area contributed by atoms with Gasteiger partial charge in [-0.1, -0.05) is 40.9 Å². The van der Waals surface area contributed by atoms with Crippen molar-refractivity contribution in [2.75, 3.05) is 5.43 Å². The van der Waals surface area contributed by atoms with Crippen molar-refractivity contribution in [1.82, 2.24) is 0 Å². The van der Waals surface area contributed by atoms with Crippen LogP contribution in [-0.4, -0.2) is 6.21 Å². The van der Waals surface area contributed by atoms with Gasteiger partial charge in [0.25, 0.3) is 0 Å². The molecule has 0 heterocycles. The molecule has 0 aromatic heterocycles. The summed E-state index contributed by atoms with van der Waals surface area (Å²) < 4.78 is 37.9. The van der Waals surface area contributed by atoms with Crippen LogP contribution in [0.15, 0.2) is 41.5 Å². The third-order valence-corrected chi connectivity index (χ3v) is 3.54. The quantitative estimate of drug-likeness (QED) is 0.513. The first kappa shape index (κ1) is 16.9. The number of nitrogens with zero attached hydrogens (tertiary/aromatic N) is 1. The van der Waals surface area contributed by atoms with Crippen molar-refractivity contribution in [2.45, 2.75) is 6.18 Å². The molecule has 0 fully saturated rings. The van der Waals surface area contributed by atoms with Crippen LogP contribution in [0.25, 0.3) is 0 Å². The molecule has 0 saturated carbocycles. The number of alkyl halides is 3. The first-order chi connectivity index (χ1) is 10.3. The van der Waals surface area contributed by atoms with Gasteiger partial charge in [0.2, 0.25) is 0 Å². The summed E-state index contributed by atoms with van der Waals surface area (Å²) in [5.74, 6) is 0. The molecule has 2 nitrogen and oxygen atoms in total. The van der Waals surface area contributed by atoms with Gasteiger partial charge >= 0.3 is 6.18 Å². The van der Waals surface area contributed by atoms with Crippen LogP contribution in [0.2, 0.25) is 15.1 Å². The molecule has 22 heavy (non-hydrogen) atoms. The van der Waals surface area contributed by atoms with Gasteiger partial charge in [-0.05, 0) is 30.3 Å². The van der Waals surface area contributed by atoms with Gasteiger partial charge in [0.1, 0.15) is 0 Å². The Labute approximate surface area is 139 Å². The summed E-state index contributed by atoms with van der Waals surface area (Å²) in [6.07, 6.45) is -3.10. The lowest BCUT2D eigenvalue weighted by molar-refractivity contribution is -0.137. The molecule has 1 N–H and O–H groups in total. The maximum Gasteiger partial charge on any atom is 0.416 e. The summed E-state index contributed by atoms with van der Waals surface area (Å²) >= 11 is 17.5. The maximum absolute atomic E-state index is 12.6. The average molecular weight is 368 g/mol. The lowest BCUT2D eigenvalue weighted by atomic mass is 10.2. The molecule has 0 amide bonds. The summed E-state index contributed by atoms with van der Waals surface area (Å²) in [7, 11) is 0. The van der Waals surface area contributed by atoms with Crippen molar-refractivity contribution >= 4 is 46.7 Å². The minimum atomic E-state index is -4.45. The van der Waals surface area contributed by atoms with E-state index >= 15 is 0 Å². The number of halogens is 6. The fourth-order valence-electron chi connectivity index (χ4n) is 1.56. The highest BCUT2D eigenvalue weighted by Gasteiger charge is 2.30. The minimum Gasteiger partial charge on any atom is -0.277 e. The zero-order chi connectivity index (χ0) is 16.3. The van der Waals surface area contributed by atoms with Crippen molar-refractivity contribution < 1.29 is 13.2 Å². The topological polar surface area (TPSA) is 24.4 Å². The molecular weight excluding hydrogens is 360 g/mol. The largest absolute Gasteiger partial charge is 0.416 e. The number of hydrazone groups is 1. The molecule has 0 atom stereocenters. The van der Waals surface area contributed by atoms with Crippen LogP contribution in [0.1, 0.15) is 11.1 Å². The van der Waals surface area contributed by atoms with E-state index in [9.17, 15) is 13.2 Å². The van der Waals surface area contributed by atoms with E-state index in [0.717, 1.165) is 18.2 Å². The van der Waals surface area contributed by atoms with Crippen LogP contribution in [0, 0.1) is 0 Å². The smallest absolute Gasteiger partial charge is 0.277 e. The second-order valence-electron chi connectivity index (χ2n) is 4.23. The zero-order valence-electron chi connectivity index (χ0n) is 10.8. The van der Waals surface area contributed by atoms with Crippen LogP contribution in [0.3, 0.4) is 0 Å². The third-order valence-electron chi connectivity index (χ3n) is 2.64. The summed E-state index contributed by atoms with van der Waals surface area (Å²) in [6.45, 7) is 0. The molecule has 116 valence electrons. The number of benzene rings is 2. The predicted octanol–water partition coefficient (Wildman–Crippen LogP) is 6.11.